The first-order valence-electron chi connectivity index (χ1n) is 5.66. The summed E-state index contributed by atoms with van der Waals surface area (Å²) in [6.07, 6.45) is 2.45. The molecule has 1 aromatic carbocycles. The molecule has 0 heterocycles. The Morgan fingerprint density at radius 1 is 1.59 bits per heavy atom. The minimum absolute atomic E-state index is 0.0995. The first kappa shape index (κ1) is 12.9. The Morgan fingerprint density at radius 2 is 2.24 bits per heavy atom. The molecule has 4 heteroatoms. The molecule has 0 saturated heterocycles. The van der Waals surface area contributed by atoms with Gasteiger partial charge >= 0.3 is 5.97 Å². The van der Waals surface area contributed by atoms with Crippen LogP contribution in [0.5, 0.6) is 0 Å². The molecular formula is C13H14BrClO2. The van der Waals surface area contributed by atoms with Crippen molar-refractivity contribution >= 4 is 33.5 Å². The number of aliphatic carboxylic acids is 1. The molecule has 1 aliphatic rings. The van der Waals surface area contributed by atoms with E-state index < -0.39 is 5.97 Å². The third-order valence-electron chi connectivity index (χ3n) is 3.33. The monoisotopic (exact) mass is 316 g/mol. The zero-order valence-electron chi connectivity index (χ0n) is 9.54. The first-order valence-corrected chi connectivity index (χ1v) is 6.83. The Labute approximate surface area is 114 Å². The van der Waals surface area contributed by atoms with E-state index in [4.69, 9.17) is 16.7 Å². The van der Waals surface area contributed by atoms with Gasteiger partial charge in [0.2, 0.25) is 0 Å². The molecule has 2 nitrogen and oxygen atoms in total. The van der Waals surface area contributed by atoms with Crippen molar-refractivity contribution in [3.05, 3.63) is 32.8 Å². The summed E-state index contributed by atoms with van der Waals surface area (Å²) in [6, 6.07) is 3.86. The number of carboxylic acids is 1. The second-order valence-electron chi connectivity index (χ2n) is 4.64. The Hall–Kier alpha value is -0.540. The van der Waals surface area contributed by atoms with Crippen molar-refractivity contribution in [1.82, 2.24) is 0 Å². The molecular weight excluding hydrogens is 303 g/mol. The van der Waals surface area contributed by atoms with Crippen molar-refractivity contribution < 1.29 is 9.90 Å². The van der Waals surface area contributed by atoms with E-state index in [0.29, 0.717) is 10.9 Å². The van der Waals surface area contributed by atoms with E-state index in [1.165, 1.54) is 0 Å². The highest BCUT2D eigenvalue weighted by atomic mass is 79.9. The van der Waals surface area contributed by atoms with Gasteiger partial charge in [-0.05, 0) is 54.9 Å². The van der Waals surface area contributed by atoms with Crippen LogP contribution in [0, 0.1) is 12.8 Å². The molecule has 0 aliphatic heterocycles. The highest BCUT2D eigenvalue weighted by Gasteiger charge is 2.34. The summed E-state index contributed by atoms with van der Waals surface area (Å²) in [5.41, 5.74) is 2.09. The molecule has 0 bridgehead atoms. The molecule has 1 aromatic rings. The van der Waals surface area contributed by atoms with Gasteiger partial charge in [0.25, 0.3) is 0 Å². The standard InChI is InChI=1S/C13H14BrClO2/c1-7-10(4-9(14)5-12(7)15)11(6-13(16)17)8-2-3-8/h4-5,8,11H,2-3,6H2,1H3,(H,16,17). The highest BCUT2D eigenvalue weighted by molar-refractivity contribution is 9.10. The molecule has 1 aliphatic carbocycles. The van der Waals surface area contributed by atoms with Gasteiger partial charge in [-0.2, -0.15) is 0 Å². The molecule has 1 N–H and O–H groups in total. The molecule has 17 heavy (non-hydrogen) atoms. The molecule has 0 radical (unpaired) electrons. The van der Waals surface area contributed by atoms with Gasteiger partial charge < -0.3 is 5.11 Å². The van der Waals surface area contributed by atoms with Crippen LogP contribution in [0.3, 0.4) is 0 Å². The normalized spacial score (nSPS) is 16.9. The Balaban J connectivity index is 2.38. The lowest BCUT2D eigenvalue weighted by atomic mass is 9.88. The number of hydrogen-bond acceptors (Lipinski definition) is 1. The van der Waals surface area contributed by atoms with Gasteiger partial charge in [-0.15, -0.1) is 0 Å². The molecule has 0 spiro atoms. The van der Waals surface area contributed by atoms with Crippen molar-refractivity contribution in [2.45, 2.75) is 32.1 Å². The van der Waals surface area contributed by atoms with E-state index in [0.717, 1.165) is 28.4 Å². The van der Waals surface area contributed by atoms with Gasteiger partial charge in [0.15, 0.2) is 0 Å². The van der Waals surface area contributed by atoms with Crippen molar-refractivity contribution in [3.63, 3.8) is 0 Å². The molecule has 0 aromatic heterocycles. The largest absolute Gasteiger partial charge is 0.481 e. The topological polar surface area (TPSA) is 37.3 Å². The third-order valence-corrected chi connectivity index (χ3v) is 4.18. The van der Waals surface area contributed by atoms with E-state index >= 15 is 0 Å². The SMILES string of the molecule is Cc1c(Cl)cc(Br)cc1C(CC(=O)O)C1CC1. The Kier molecular flexibility index (Phi) is 3.79. The summed E-state index contributed by atoms with van der Waals surface area (Å²) in [5.74, 6) is -0.130. The van der Waals surface area contributed by atoms with Crippen LogP contribution in [0.4, 0.5) is 0 Å². The summed E-state index contributed by atoms with van der Waals surface area (Å²) in [5, 5.41) is 9.71. The molecule has 1 unspecified atom stereocenters. The van der Waals surface area contributed by atoms with Crippen molar-refractivity contribution in [2.24, 2.45) is 5.92 Å². The van der Waals surface area contributed by atoms with Gasteiger partial charge in [-0.25, -0.2) is 0 Å². The van der Waals surface area contributed by atoms with Crippen LogP contribution < -0.4 is 0 Å². The molecule has 1 saturated carbocycles. The summed E-state index contributed by atoms with van der Waals surface area (Å²) < 4.78 is 0.916. The molecule has 1 fully saturated rings. The average Bonchev–Trinajstić information content (AvgIpc) is 3.03. The van der Waals surface area contributed by atoms with E-state index in [9.17, 15) is 4.79 Å². The lowest BCUT2D eigenvalue weighted by molar-refractivity contribution is -0.137. The fourth-order valence-corrected chi connectivity index (χ4v) is 3.10. The number of halogens is 2. The fourth-order valence-electron chi connectivity index (χ4n) is 2.27. The van der Waals surface area contributed by atoms with Crippen LogP contribution in [-0.2, 0) is 4.79 Å². The van der Waals surface area contributed by atoms with E-state index in [1.54, 1.807) is 0 Å². The van der Waals surface area contributed by atoms with Crippen LogP contribution in [0.15, 0.2) is 16.6 Å². The van der Waals surface area contributed by atoms with Gasteiger partial charge in [0.05, 0.1) is 6.42 Å². The quantitative estimate of drug-likeness (QED) is 0.895. The van der Waals surface area contributed by atoms with Crippen molar-refractivity contribution in [2.75, 3.05) is 0 Å². The van der Waals surface area contributed by atoms with Crippen LogP contribution in [0.1, 0.15) is 36.3 Å². The van der Waals surface area contributed by atoms with Crippen molar-refractivity contribution in [1.29, 1.82) is 0 Å². The second kappa shape index (κ2) is 4.99. The summed E-state index contributed by atoms with van der Waals surface area (Å²) in [6.45, 7) is 1.96. The number of rotatable bonds is 4. The number of benzene rings is 1. The van der Waals surface area contributed by atoms with Crippen molar-refractivity contribution in [3.8, 4) is 0 Å². The van der Waals surface area contributed by atoms with E-state index in [-0.39, 0.29) is 12.3 Å². The zero-order valence-corrected chi connectivity index (χ0v) is 11.9. The smallest absolute Gasteiger partial charge is 0.303 e. The molecule has 0 amide bonds. The lowest BCUT2D eigenvalue weighted by Gasteiger charge is -2.18. The summed E-state index contributed by atoms with van der Waals surface area (Å²) in [7, 11) is 0. The average molecular weight is 318 g/mol. The predicted molar refractivity (Wildman–Crippen MR) is 71.6 cm³/mol. The van der Waals surface area contributed by atoms with Gasteiger partial charge in [0.1, 0.15) is 0 Å². The molecule has 2 rings (SSSR count). The Morgan fingerprint density at radius 3 is 2.76 bits per heavy atom. The van der Waals surface area contributed by atoms with Gasteiger partial charge in [-0.3, -0.25) is 4.79 Å². The van der Waals surface area contributed by atoms with Crippen LogP contribution in [0.2, 0.25) is 5.02 Å². The summed E-state index contributed by atoms with van der Waals surface area (Å²) >= 11 is 9.57. The maximum absolute atomic E-state index is 11.0. The number of carboxylic acid groups (broad SMARTS) is 1. The number of carbonyl (C=O) groups is 1. The molecule has 92 valence electrons. The number of hydrogen-bond donors (Lipinski definition) is 1. The fraction of sp³-hybridized carbons (Fsp3) is 0.462. The van der Waals surface area contributed by atoms with Gasteiger partial charge in [0, 0.05) is 9.50 Å². The van der Waals surface area contributed by atoms with Gasteiger partial charge in [-0.1, -0.05) is 27.5 Å². The third kappa shape index (κ3) is 3.02. The minimum Gasteiger partial charge on any atom is -0.481 e. The minimum atomic E-state index is -0.739. The van der Waals surface area contributed by atoms with E-state index in [1.807, 2.05) is 19.1 Å². The van der Waals surface area contributed by atoms with Crippen LogP contribution in [-0.4, -0.2) is 11.1 Å². The maximum Gasteiger partial charge on any atom is 0.303 e. The maximum atomic E-state index is 11.0. The molecule has 1 atom stereocenters. The van der Waals surface area contributed by atoms with Crippen LogP contribution in [0.25, 0.3) is 0 Å². The summed E-state index contributed by atoms with van der Waals surface area (Å²) in [4.78, 5) is 11.0. The predicted octanol–water partition coefficient (Wildman–Crippen LogP) is 4.38. The first-order chi connectivity index (χ1) is 7.99. The second-order valence-corrected chi connectivity index (χ2v) is 5.97. The zero-order chi connectivity index (χ0) is 12.6. The lowest BCUT2D eigenvalue weighted by Crippen LogP contribution is -2.10. The van der Waals surface area contributed by atoms with Crippen LogP contribution >= 0.6 is 27.5 Å². The highest BCUT2D eigenvalue weighted by Crippen LogP contribution is 2.46. The van der Waals surface area contributed by atoms with E-state index in [2.05, 4.69) is 15.9 Å². The Bertz CT molecular complexity index is 455.